The molecule has 2 aromatic rings. The SMILES string of the molecule is Nc1nc(-c2ccc(CCCN3CCOCC3)s2)cs1. The quantitative estimate of drug-likeness (QED) is 0.922. The lowest BCUT2D eigenvalue weighted by molar-refractivity contribution is 0.0375. The Kier molecular flexibility index (Phi) is 4.67. The van der Waals surface area contributed by atoms with Crippen LogP contribution in [0, 0.1) is 0 Å². The number of nitrogen functional groups attached to an aromatic ring is 1. The van der Waals surface area contributed by atoms with Crippen LogP contribution in [-0.4, -0.2) is 42.7 Å². The van der Waals surface area contributed by atoms with Crippen LogP contribution < -0.4 is 5.73 Å². The van der Waals surface area contributed by atoms with E-state index < -0.39 is 0 Å². The third-order valence-corrected chi connectivity index (χ3v) is 5.28. The zero-order valence-electron chi connectivity index (χ0n) is 11.4. The topological polar surface area (TPSA) is 51.4 Å². The molecule has 0 aromatic carbocycles. The van der Waals surface area contributed by atoms with Gasteiger partial charge in [0.05, 0.1) is 23.8 Å². The molecule has 0 aliphatic carbocycles. The summed E-state index contributed by atoms with van der Waals surface area (Å²) < 4.78 is 5.36. The van der Waals surface area contributed by atoms with E-state index >= 15 is 0 Å². The number of morpholine rings is 1. The van der Waals surface area contributed by atoms with Gasteiger partial charge in [0, 0.05) is 23.3 Å². The van der Waals surface area contributed by atoms with Gasteiger partial charge in [0.1, 0.15) is 0 Å². The number of aryl methyl sites for hydroxylation is 1. The van der Waals surface area contributed by atoms with Crippen molar-refractivity contribution in [1.29, 1.82) is 0 Å². The number of thiophene rings is 1. The highest BCUT2D eigenvalue weighted by molar-refractivity contribution is 7.16. The smallest absolute Gasteiger partial charge is 0.180 e. The first-order valence-corrected chi connectivity index (χ1v) is 8.61. The van der Waals surface area contributed by atoms with Crippen molar-refractivity contribution in [3.8, 4) is 10.6 Å². The van der Waals surface area contributed by atoms with Crippen LogP contribution in [0.5, 0.6) is 0 Å². The van der Waals surface area contributed by atoms with Gasteiger partial charge in [-0.25, -0.2) is 4.98 Å². The first kappa shape index (κ1) is 14.0. The summed E-state index contributed by atoms with van der Waals surface area (Å²) in [5.41, 5.74) is 6.69. The van der Waals surface area contributed by atoms with E-state index in [2.05, 4.69) is 22.0 Å². The minimum Gasteiger partial charge on any atom is -0.379 e. The van der Waals surface area contributed by atoms with Crippen LogP contribution in [0.1, 0.15) is 11.3 Å². The van der Waals surface area contributed by atoms with Gasteiger partial charge >= 0.3 is 0 Å². The van der Waals surface area contributed by atoms with Gasteiger partial charge in [-0.1, -0.05) is 0 Å². The van der Waals surface area contributed by atoms with E-state index in [4.69, 9.17) is 10.5 Å². The van der Waals surface area contributed by atoms with Gasteiger partial charge in [-0.15, -0.1) is 22.7 Å². The summed E-state index contributed by atoms with van der Waals surface area (Å²) in [5.74, 6) is 0. The average molecular weight is 309 g/mol. The summed E-state index contributed by atoms with van der Waals surface area (Å²) in [5, 5.41) is 2.67. The van der Waals surface area contributed by atoms with Gasteiger partial charge in [-0.05, 0) is 31.5 Å². The highest BCUT2D eigenvalue weighted by Crippen LogP contribution is 2.30. The van der Waals surface area contributed by atoms with E-state index in [1.165, 1.54) is 34.1 Å². The van der Waals surface area contributed by atoms with Crippen molar-refractivity contribution in [1.82, 2.24) is 9.88 Å². The number of nitrogens with two attached hydrogens (primary N) is 1. The first-order valence-electron chi connectivity index (χ1n) is 6.91. The third-order valence-electron chi connectivity index (χ3n) is 3.44. The molecule has 108 valence electrons. The van der Waals surface area contributed by atoms with Crippen LogP contribution in [0.15, 0.2) is 17.5 Å². The predicted molar refractivity (Wildman–Crippen MR) is 85.4 cm³/mol. The Morgan fingerprint density at radius 2 is 2.15 bits per heavy atom. The van der Waals surface area contributed by atoms with Gasteiger partial charge in [0.15, 0.2) is 5.13 Å². The van der Waals surface area contributed by atoms with Crippen molar-refractivity contribution in [2.75, 3.05) is 38.6 Å². The van der Waals surface area contributed by atoms with Gasteiger partial charge < -0.3 is 10.5 Å². The second-order valence-corrected chi connectivity index (χ2v) is 6.95. The molecule has 2 aromatic heterocycles. The van der Waals surface area contributed by atoms with Crippen LogP contribution >= 0.6 is 22.7 Å². The van der Waals surface area contributed by atoms with Gasteiger partial charge in [-0.2, -0.15) is 0 Å². The fraction of sp³-hybridized carbons (Fsp3) is 0.500. The molecular formula is C14H19N3OS2. The maximum Gasteiger partial charge on any atom is 0.180 e. The number of hydrogen-bond donors (Lipinski definition) is 1. The first-order chi connectivity index (χ1) is 9.81. The number of nitrogens with zero attached hydrogens (tertiary/aromatic N) is 2. The van der Waals surface area contributed by atoms with Crippen molar-refractivity contribution >= 4 is 27.8 Å². The normalized spacial score (nSPS) is 16.6. The van der Waals surface area contributed by atoms with Crippen LogP contribution in [0.3, 0.4) is 0 Å². The van der Waals surface area contributed by atoms with Crippen LogP contribution in [0.4, 0.5) is 5.13 Å². The molecule has 0 spiro atoms. The van der Waals surface area contributed by atoms with Gasteiger partial charge in [-0.3, -0.25) is 4.90 Å². The number of anilines is 1. The molecule has 2 N–H and O–H groups in total. The van der Waals surface area contributed by atoms with Crippen molar-refractivity contribution in [3.63, 3.8) is 0 Å². The average Bonchev–Trinajstić information content (AvgIpc) is 3.09. The fourth-order valence-corrected chi connectivity index (χ4v) is 4.00. The Morgan fingerprint density at radius 1 is 1.30 bits per heavy atom. The predicted octanol–water partition coefficient (Wildman–Crippen LogP) is 2.72. The molecular weight excluding hydrogens is 290 g/mol. The Hall–Kier alpha value is -0.950. The summed E-state index contributed by atoms with van der Waals surface area (Å²) in [7, 11) is 0. The van der Waals surface area contributed by atoms with Crippen LogP contribution in [0.25, 0.3) is 10.6 Å². The standard InChI is InChI=1S/C14H19N3OS2/c15-14-16-12(10-19-14)13-4-3-11(20-13)2-1-5-17-6-8-18-9-7-17/h3-4,10H,1-2,5-9H2,(H2,15,16). The highest BCUT2D eigenvalue weighted by Gasteiger charge is 2.10. The largest absolute Gasteiger partial charge is 0.379 e. The number of hydrogen-bond acceptors (Lipinski definition) is 6. The molecule has 1 fully saturated rings. The fourth-order valence-electron chi connectivity index (χ4n) is 2.35. The molecule has 6 heteroatoms. The summed E-state index contributed by atoms with van der Waals surface area (Å²) in [6.45, 7) is 5.09. The molecule has 3 heterocycles. The van der Waals surface area contributed by atoms with Crippen LogP contribution in [0.2, 0.25) is 0 Å². The number of thiazole rings is 1. The maximum atomic E-state index is 5.68. The number of aromatic nitrogens is 1. The molecule has 0 bridgehead atoms. The van der Waals surface area contributed by atoms with E-state index in [1.54, 1.807) is 0 Å². The number of ether oxygens (including phenoxy) is 1. The summed E-state index contributed by atoms with van der Waals surface area (Å²) >= 11 is 3.33. The van der Waals surface area contributed by atoms with Crippen molar-refractivity contribution in [3.05, 3.63) is 22.4 Å². The monoisotopic (exact) mass is 309 g/mol. The van der Waals surface area contributed by atoms with Crippen molar-refractivity contribution in [2.24, 2.45) is 0 Å². The van der Waals surface area contributed by atoms with E-state index in [1.807, 2.05) is 16.7 Å². The molecule has 1 saturated heterocycles. The Labute approximate surface area is 127 Å². The molecule has 1 aliphatic heterocycles. The Morgan fingerprint density at radius 3 is 2.90 bits per heavy atom. The molecule has 0 amide bonds. The molecule has 0 unspecified atom stereocenters. The molecule has 0 atom stereocenters. The lowest BCUT2D eigenvalue weighted by Crippen LogP contribution is -2.36. The van der Waals surface area contributed by atoms with Gasteiger partial charge in [0.2, 0.25) is 0 Å². The van der Waals surface area contributed by atoms with E-state index in [-0.39, 0.29) is 0 Å². The number of rotatable bonds is 5. The maximum absolute atomic E-state index is 5.68. The third kappa shape index (κ3) is 3.58. The second-order valence-electron chi connectivity index (χ2n) is 4.89. The second kappa shape index (κ2) is 6.67. The van der Waals surface area contributed by atoms with Crippen molar-refractivity contribution < 1.29 is 4.74 Å². The van der Waals surface area contributed by atoms with E-state index in [0.717, 1.165) is 38.4 Å². The van der Waals surface area contributed by atoms with E-state index in [0.29, 0.717) is 5.13 Å². The molecule has 1 aliphatic rings. The summed E-state index contributed by atoms with van der Waals surface area (Å²) in [6, 6.07) is 4.37. The molecule has 0 radical (unpaired) electrons. The summed E-state index contributed by atoms with van der Waals surface area (Å²) in [6.07, 6.45) is 2.35. The summed E-state index contributed by atoms with van der Waals surface area (Å²) in [4.78, 5) is 9.47. The minimum atomic E-state index is 0.641. The van der Waals surface area contributed by atoms with Crippen molar-refractivity contribution in [2.45, 2.75) is 12.8 Å². The Balaban J connectivity index is 1.50. The van der Waals surface area contributed by atoms with Gasteiger partial charge in [0.25, 0.3) is 0 Å². The molecule has 0 saturated carbocycles. The Bertz CT molecular complexity index is 546. The lowest BCUT2D eigenvalue weighted by atomic mass is 10.2. The molecule has 20 heavy (non-hydrogen) atoms. The minimum absolute atomic E-state index is 0.641. The molecule has 3 rings (SSSR count). The van der Waals surface area contributed by atoms with E-state index in [9.17, 15) is 0 Å². The zero-order chi connectivity index (χ0) is 13.8. The highest BCUT2D eigenvalue weighted by atomic mass is 32.1. The molecule has 4 nitrogen and oxygen atoms in total. The van der Waals surface area contributed by atoms with Crippen LogP contribution in [-0.2, 0) is 11.2 Å². The lowest BCUT2D eigenvalue weighted by Gasteiger charge is -2.26. The zero-order valence-corrected chi connectivity index (χ0v) is 13.0.